The fourth-order valence-corrected chi connectivity index (χ4v) is 3.67. The molecule has 0 spiro atoms. The highest BCUT2D eigenvalue weighted by Gasteiger charge is 2.35. The minimum absolute atomic E-state index is 0.0285. The van der Waals surface area contributed by atoms with E-state index >= 15 is 0 Å². The van der Waals surface area contributed by atoms with Crippen LogP contribution in [-0.2, 0) is 6.18 Å². The van der Waals surface area contributed by atoms with Crippen molar-refractivity contribution in [2.75, 3.05) is 10.6 Å². The highest BCUT2D eigenvalue weighted by molar-refractivity contribution is 6.07. The van der Waals surface area contributed by atoms with Crippen LogP contribution in [0.3, 0.4) is 0 Å². The van der Waals surface area contributed by atoms with E-state index in [2.05, 4.69) is 20.7 Å². The van der Waals surface area contributed by atoms with Gasteiger partial charge < -0.3 is 10.6 Å². The first kappa shape index (κ1) is 24.8. The Kier molecular flexibility index (Phi) is 6.49. The molecule has 0 aliphatic carbocycles. The van der Waals surface area contributed by atoms with Gasteiger partial charge in [-0.05, 0) is 57.2 Å². The monoisotopic (exact) mass is 499 g/mol. The van der Waals surface area contributed by atoms with Gasteiger partial charge in [0.05, 0.1) is 34.3 Å². The summed E-state index contributed by atoms with van der Waals surface area (Å²) in [5, 5.41) is 9.36. The Morgan fingerprint density at radius 2 is 1.67 bits per heavy atom. The summed E-state index contributed by atoms with van der Waals surface area (Å²) < 4.78 is 57.0. The Labute approximate surface area is 203 Å². The van der Waals surface area contributed by atoms with E-state index in [1.807, 2.05) is 13.8 Å². The number of aromatic nitrogens is 3. The molecule has 36 heavy (non-hydrogen) atoms. The maximum atomic E-state index is 13.9. The van der Waals surface area contributed by atoms with Crippen LogP contribution in [0.25, 0.3) is 11.0 Å². The van der Waals surface area contributed by atoms with Crippen molar-refractivity contribution in [2.24, 2.45) is 0 Å². The summed E-state index contributed by atoms with van der Waals surface area (Å²) in [6.45, 7) is 5.42. The van der Waals surface area contributed by atoms with E-state index in [0.29, 0.717) is 22.8 Å². The SMILES string of the molecule is Cc1nc2c(cnn2C(C)C)cc1C(=O)Nc1ccc(NC(=O)c2ccccc2F)cc1C(F)(F)F. The third kappa shape index (κ3) is 4.90. The number of aryl methyl sites for hydroxylation is 1. The zero-order chi connectivity index (χ0) is 26.2. The van der Waals surface area contributed by atoms with Gasteiger partial charge >= 0.3 is 6.18 Å². The van der Waals surface area contributed by atoms with Crippen molar-refractivity contribution in [3.63, 3.8) is 0 Å². The van der Waals surface area contributed by atoms with Crippen LogP contribution in [-0.4, -0.2) is 26.6 Å². The summed E-state index contributed by atoms with van der Waals surface area (Å²) in [7, 11) is 0. The van der Waals surface area contributed by atoms with Gasteiger partial charge in [0.1, 0.15) is 5.82 Å². The van der Waals surface area contributed by atoms with Crippen molar-refractivity contribution in [2.45, 2.75) is 33.0 Å². The third-order valence-electron chi connectivity index (χ3n) is 5.44. The topological polar surface area (TPSA) is 88.9 Å². The van der Waals surface area contributed by atoms with E-state index in [9.17, 15) is 27.2 Å². The van der Waals surface area contributed by atoms with Crippen LogP contribution in [0.1, 0.15) is 51.9 Å². The number of carbonyl (C=O) groups excluding carboxylic acids is 2. The average molecular weight is 499 g/mol. The smallest absolute Gasteiger partial charge is 0.322 e. The fraction of sp³-hybridized carbons (Fsp3) is 0.200. The minimum Gasteiger partial charge on any atom is -0.322 e. The molecule has 11 heteroatoms. The Hall–Kier alpha value is -4.28. The van der Waals surface area contributed by atoms with Gasteiger partial charge in [-0.2, -0.15) is 18.3 Å². The van der Waals surface area contributed by atoms with Gasteiger partial charge in [-0.1, -0.05) is 12.1 Å². The lowest BCUT2D eigenvalue weighted by Gasteiger charge is -2.16. The molecule has 0 aliphatic heterocycles. The molecule has 0 saturated carbocycles. The lowest BCUT2D eigenvalue weighted by atomic mass is 10.1. The third-order valence-corrected chi connectivity index (χ3v) is 5.44. The first-order valence-electron chi connectivity index (χ1n) is 10.9. The van der Waals surface area contributed by atoms with Gasteiger partial charge in [0.15, 0.2) is 5.65 Å². The van der Waals surface area contributed by atoms with E-state index in [-0.39, 0.29) is 22.9 Å². The van der Waals surface area contributed by atoms with Crippen molar-refractivity contribution >= 4 is 34.2 Å². The van der Waals surface area contributed by atoms with Crippen LogP contribution in [0.2, 0.25) is 0 Å². The Bertz CT molecular complexity index is 1480. The molecule has 0 fully saturated rings. The maximum Gasteiger partial charge on any atom is 0.418 e. The fourth-order valence-electron chi connectivity index (χ4n) is 3.67. The second kappa shape index (κ2) is 9.40. The zero-order valence-electron chi connectivity index (χ0n) is 19.4. The standard InChI is InChI=1S/C25H21F4N5O2/c1-13(2)34-22-15(12-30-34)10-18(14(3)31-22)24(36)33-21-9-8-16(11-19(21)25(27,28)29)32-23(35)17-6-4-5-7-20(17)26/h4-13H,1-3H3,(H,32,35)(H,33,36). The second-order valence-corrected chi connectivity index (χ2v) is 8.36. The predicted molar refractivity (Wildman–Crippen MR) is 126 cm³/mol. The van der Waals surface area contributed by atoms with Crippen molar-refractivity contribution < 1.29 is 27.2 Å². The highest BCUT2D eigenvalue weighted by atomic mass is 19.4. The number of alkyl halides is 3. The van der Waals surface area contributed by atoms with Crippen molar-refractivity contribution in [3.05, 3.63) is 82.9 Å². The summed E-state index contributed by atoms with van der Waals surface area (Å²) in [5.74, 6) is -2.50. The maximum absolute atomic E-state index is 13.9. The number of amides is 2. The van der Waals surface area contributed by atoms with Gasteiger partial charge in [0.25, 0.3) is 11.8 Å². The first-order valence-corrected chi connectivity index (χ1v) is 10.9. The molecule has 4 aromatic rings. The number of nitrogens with one attached hydrogen (secondary N) is 2. The molecule has 2 amide bonds. The molecule has 2 aromatic carbocycles. The number of fused-ring (bicyclic) bond motifs is 1. The predicted octanol–water partition coefficient (Wildman–Crippen LogP) is 5.98. The van der Waals surface area contributed by atoms with Gasteiger partial charge in [-0.3, -0.25) is 9.59 Å². The van der Waals surface area contributed by atoms with Crippen molar-refractivity contribution in [1.82, 2.24) is 14.8 Å². The minimum atomic E-state index is -4.85. The molecule has 2 heterocycles. The van der Waals surface area contributed by atoms with Gasteiger partial charge in [0, 0.05) is 17.1 Å². The summed E-state index contributed by atoms with van der Waals surface area (Å²) in [4.78, 5) is 29.7. The number of nitrogens with zero attached hydrogens (tertiary/aromatic N) is 3. The highest BCUT2D eigenvalue weighted by Crippen LogP contribution is 2.37. The molecular weight excluding hydrogens is 478 g/mol. The Balaban J connectivity index is 1.63. The normalized spacial score (nSPS) is 11.7. The van der Waals surface area contributed by atoms with Crippen LogP contribution in [0.4, 0.5) is 28.9 Å². The summed E-state index contributed by atoms with van der Waals surface area (Å²) in [5.41, 5.74) is -1.24. The molecule has 4 rings (SSSR count). The lowest BCUT2D eigenvalue weighted by molar-refractivity contribution is -0.136. The van der Waals surface area contributed by atoms with Gasteiger partial charge in [-0.15, -0.1) is 0 Å². The molecule has 0 saturated heterocycles. The van der Waals surface area contributed by atoms with E-state index in [4.69, 9.17) is 0 Å². The zero-order valence-corrected chi connectivity index (χ0v) is 19.4. The largest absolute Gasteiger partial charge is 0.418 e. The van der Waals surface area contributed by atoms with Crippen molar-refractivity contribution in [1.29, 1.82) is 0 Å². The molecule has 0 radical (unpaired) electrons. The van der Waals surface area contributed by atoms with Crippen LogP contribution >= 0.6 is 0 Å². The van der Waals surface area contributed by atoms with Gasteiger partial charge in [-0.25, -0.2) is 14.1 Å². The van der Waals surface area contributed by atoms with E-state index < -0.39 is 35.1 Å². The average Bonchev–Trinajstić information content (AvgIpc) is 3.22. The molecule has 2 N–H and O–H groups in total. The van der Waals surface area contributed by atoms with Gasteiger partial charge in [0.2, 0.25) is 0 Å². The number of benzene rings is 2. The van der Waals surface area contributed by atoms with Crippen LogP contribution < -0.4 is 10.6 Å². The number of carbonyl (C=O) groups is 2. The van der Waals surface area contributed by atoms with Crippen LogP contribution in [0, 0.1) is 12.7 Å². The van der Waals surface area contributed by atoms with Crippen LogP contribution in [0.15, 0.2) is 54.7 Å². The molecule has 0 unspecified atom stereocenters. The lowest BCUT2D eigenvalue weighted by Crippen LogP contribution is -2.19. The number of halogens is 4. The number of rotatable bonds is 5. The molecule has 2 aromatic heterocycles. The van der Waals surface area contributed by atoms with Crippen molar-refractivity contribution in [3.8, 4) is 0 Å². The number of hydrogen-bond donors (Lipinski definition) is 2. The molecule has 7 nitrogen and oxygen atoms in total. The molecule has 186 valence electrons. The van der Waals surface area contributed by atoms with E-state index in [1.54, 1.807) is 11.6 Å². The summed E-state index contributed by atoms with van der Waals surface area (Å²) in [6.07, 6.45) is -3.32. The summed E-state index contributed by atoms with van der Waals surface area (Å²) in [6, 6.07) is 9.53. The number of anilines is 2. The van der Waals surface area contributed by atoms with E-state index in [1.165, 1.54) is 36.5 Å². The Morgan fingerprint density at radius 1 is 0.972 bits per heavy atom. The molecular formula is C25H21F4N5O2. The number of pyridine rings is 1. The quantitative estimate of drug-likeness (QED) is 0.331. The van der Waals surface area contributed by atoms with E-state index in [0.717, 1.165) is 12.1 Å². The van der Waals surface area contributed by atoms with Crippen LogP contribution in [0.5, 0.6) is 0 Å². The summed E-state index contributed by atoms with van der Waals surface area (Å²) >= 11 is 0. The first-order chi connectivity index (χ1) is 17.0. The molecule has 0 aliphatic rings. The number of hydrogen-bond acceptors (Lipinski definition) is 4. The molecule has 0 atom stereocenters. The Morgan fingerprint density at radius 3 is 2.33 bits per heavy atom. The molecule has 0 bridgehead atoms. The second-order valence-electron chi connectivity index (χ2n) is 8.36.